The van der Waals surface area contributed by atoms with E-state index in [4.69, 9.17) is 4.98 Å². The number of nitrogens with zero attached hydrogens (tertiary/aromatic N) is 5. The maximum absolute atomic E-state index is 13.4. The summed E-state index contributed by atoms with van der Waals surface area (Å²) in [6.45, 7) is 8.04. The molecule has 0 spiro atoms. The molecule has 1 fully saturated rings. The first-order valence-corrected chi connectivity index (χ1v) is 12.6. The van der Waals surface area contributed by atoms with Crippen LogP contribution in [-0.4, -0.2) is 51.5 Å². The monoisotopic (exact) mass is 485 g/mol. The van der Waals surface area contributed by atoms with Gasteiger partial charge in [0.25, 0.3) is 0 Å². The van der Waals surface area contributed by atoms with E-state index < -0.39 is 0 Å². The van der Waals surface area contributed by atoms with Crippen LogP contribution in [-0.2, 0) is 17.8 Å². The average molecular weight is 486 g/mol. The molecule has 0 saturated carbocycles. The van der Waals surface area contributed by atoms with Gasteiger partial charge in [0.1, 0.15) is 17.2 Å². The minimum Gasteiger partial charge on any atom is -0.368 e. The van der Waals surface area contributed by atoms with Crippen LogP contribution in [0.5, 0.6) is 0 Å². The molecule has 0 radical (unpaired) electrons. The van der Waals surface area contributed by atoms with Crippen molar-refractivity contribution in [1.29, 1.82) is 0 Å². The van der Waals surface area contributed by atoms with Crippen molar-refractivity contribution >= 4 is 22.8 Å². The van der Waals surface area contributed by atoms with Gasteiger partial charge >= 0.3 is 0 Å². The highest BCUT2D eigenvalue weighted by molar-refractivity contribution is 5.76. The number of piperazine rings is 1. The van der Waals surface area contributed by atoms with Crippen LogP contribution >= 0.6 is 0 Å². The number of halogens is 1. The fourth-order valence-electron chi connectivity index (χ4n) is 4.95. The molecule has 0 atom stereocenters. The summed E-state index contributed by atoms with van der Waals surface area (Å²) in [7, 11) is 0. The molecule has 1 saturated heterocycles. The van der Waals surface area contributed by atoms with Gasteiger partial charge in [-0.3, -0.25) is 4.79 Å². The Bertz CT molecular complexity index is 1360. The third-order valence-corrected chi connectivity index (χ3v) is 6.97. The minimum atomic E-state index is -0.249. The fourth-order valence-corrected chi connectivity index (χ4v) is 4.95. The predicted molar refractivity (Wildman–Crippen MR) is 141 cm³/mol. The molecule has 0 N–H and O–H groups in total. The van der Waals surface area contributed by atoms with Crippen LogP contribution < -0.4 is 4.90 Å². The summed E-state index contributed by atoms with van der Waals surface area (Å²) < 4.78 is 15.4. The summed E-state index contributed by atoms with van der Waals surface area (Å²) in [6, 6.07) is 16.9. The summed E-state index contributed by atoms with van der Waals surface area (Å²) in [5.74, 6) is 0.858. The number of hydrogen-bond donors (Lipinski definition) is 0. The Balaban J connectivity index is 1.19. The number of rotatable bonds is 7. The van der Waals surface area contributed by atoms with Gasteiger partial charge in [0.15, 0.2) is 5.65 Å². The Morgan fingerprint density at radius 1 is 1.00 bits per heavy atom. The van der Waals surface area contributed by atoms with Crippen LogP contribution in [0, 0.1) is 19.7 Å². The van der Waals surface area contributed by atoms with Crippen molar-refractivity contribution < 1.29 is 9.18 Å². The lowest BCUT2D eigenvalue weighted by Crippen LogP contribution is -2.49. The highest BCUT2D eigenvalue weighted by Gasteiger charge is 2.22. The van der Waals surface area contributed by atoms with E-state index in [-0.39, 0.29) is 11.7 Å². The van der Waals surface area contributed by atoms with Crippen LogP contribution in [0.1, 0.15) is 35.4 Å². The van der Waals surface area contributed by atoms with Gasteiger partial charge in [-0.05, 0) is 67.3 Å². The van der Waals surface area contributed by atoms with Gasteiger partial charge in [-0.2, -0.15) is 0 Å². The molecule has 1 amide bonds. The van der Waals surface area contributed by atoms with Crippen molar-refractivity contribution in [2.24, 2.45) is 0 Å². The maximum Gasteiger partial charge on any atom is 0.222 e. The van der Waals surface area contributed by atoms with Crippen LogP contribution in [0.2, 0.25) is 0 Å². The second-order valence-corrected chi connectivity index (χ2v) is 9.60. The van der Waals surface area contributed by atoms with Gasteiger partial charge < -0.3 is 14.4 Å². The van der Waals surface area contributed by atoms with Gasteiger partial charge in [-0.25, -0.2) is 14.4 Å². The molecule has 3 heterocycles. The SMILES string of the molecule is Cc1ccc(C)c(N2CCN(C(=O)CCCc3nc4cccnc4n3Cc3ccc(F)cc3)CC2)c1. The van der Waals surface area contributed by atoms with Crippen molar-refractivity contribution in [3.05, 3.63) is 89.1 Å². The van der Waals surface area contributed by atoms with E-state index >= 15 is 0 Å². The van der Waals surface area contributed by atoms with E-state index in [1.807, 2.05) is 17.0 Å². The van der Waals surface area contributed by atoms with Gasteiger partial charge in [0.05, 0.1) is 6.54 Å². The summed E-state index contributed by atoms with van der Waals surface area (Å²) in [5.41, 5.74) is 6.44. The number of carbonyl (C=O) groups is 1. The highest BCUT2D eigenvalue weighted by Crippen LogP contribution is 2.23. The molecule has 0 aliphatic carbocycles. The van der Waals surface area contributed by atoms with Gasteiger partial charge in [0, 0.05) is 50.9 Å². The van der Waals surface area contributed by atoms with Gasteiger partial charge in [-0.15, -0.1) is 0 Å². The summed E-state index contributed by atoms with van der Waals surface area (Å²) in [4.78, 5) is 26.7. The fraction of sp³-hybridized carbons (Fsp3) is 0.345. The van der Waals surface area contributed by atoms with Gasteiger partial charge in [0.2, 0.25) is 5.91 Å². The lowest BCUT2D eigenvalue weighted by molar-refractivity contribution is -0.131. The Kier molecular flexibility index (Phi) is 6.98. The second kappa shape index (κ2) is 10.5. The largest absolute Gasteiger partial charge is 0.368 e. The quantitative estimate of drug-likeness (QED) is 0.373. The van der Waals surface area contributed by atoms with Crippen molar-refractivity contribution in [2.75, 3.05) is 31.1 Å². The first-order valence-electron chi connectivity index (χ1n) is 12.6. The number of pyridine rings is 1. The van der Waals surface area contributed by atoms with Crippen LogP contribution in [0.25, 0.3) is 11.2 Å². The van der Waals surface area contributed by atoms with Crippen molar-refractivity contribution in [2.45, 2.75) is 39.7 Å². The Morgan fingerprint density at radius 3 is 2.56 bits per heavy atom. The van der Waals surface area contributed by atoms with Crippen LogP contribution in [0.3, 0.4) is 0 Å². The summed E-state index contributed by atoms with van der Waals surface area (Å²) >= 11 is 0. The summed E-state index contributed by atoms with van der Waals surface area (Å²) in [5, 5.41) is 0. The number of benzene rings is 2. The molecule has 7 heteroatoms. The molecule has 1 aliphatic rings. The highest BCUT2D eigenvalue weighted by atomic mass is 19.1. The summed E-state index contributed by atoms with van der Waals surface area (Å²) in [6.07, 6.45) is 3.67. The molecule has 2 aromatic carbocycles. The minimum absolute atomic E-state index is 0.204. The lowest BCUT2D eigenvalue weighted by atomic mass is 10.1. The molecule has 5 rings (SSSR count). The predicted octanol–water partition coefficient (Wildman–Crippen LogP) is 4.91. The Morgan fingerprint density at radius 2 is 1.78 bits per heavy atom. The number of imidazole rings is 1. The normalized spacial score (nSPS) is 14.0. The van der Waals surface area contributed by atoms with Crippen LogP contribution in [0.4, 0.5) is 10.1 Å². The molecule has 186 valence electrons. The number of amides is 1. The lowest BCUT2D eigenvalue weighted by Gasteiger charge is -2.37. The Labute approximate surface area is 211 Å². The average Bonchev–Trinajstić information content (AvgIpc) is 3.24. The molecule has 36 heavy (non-hydrogen) atoms. The first kappa shape index (κ1) is 24.0. The number of aryl methyl sites for hydroxylation is 3. The van der Waals surface area contributed by atoms with E-state index in [0.717, 1.165) is 55.2 Å². The molecule has 2 aromatic heterocycles. The first-order chi connectivity index (χ1) is 17.5. The molecule has 4 aromatic rings. The number of hydrogen-bond acceptors (Lipinski definition) is 4. The third-order valence-electron chi connectivity index (χ3n) is 6.97. The zero-order valence-corrected chi connectivity index (χ0v) is 21.0. The molecule has 6 nitrogen and oxygen atoms in total. The third kappa shape index (κ3) is 5.25. The standard InChI is InChI=1S/C29H32FN5O/c1-21-8-9-22(2)26(19-21)33-15-17-34(18-16-33)28(36)7-3-6-27-32-25-5-4-14-31-29(25)35(27)20-23-10-12-24(30)13-11-23/h4-5,8-14,19H,3,6-7,15-18,20H2,1-2H3. The molecule has 0 unspecified atom stereocenters. The number of anilines is 1. The van der Waals surface area contributed by atoms with Crippen molar-refractivity contribution in [1.82, 2.24) is 19.4 Å². The topological polar surface area (TPSA) is 54.3 Å². The number of fused-ring (bicyclic) bond motifs is 1. The zero-order valence-electron chi connectivity index (χ0n) is 21.0. The van der Waals surface area contributed by atoms with E-state index in [1.165, 1.54) is 28.9 Å². The molecule has 0 bridgehead atoms. The molecular weight excluding hydrogens is 453 g/mol. The molecule has 1 aliphatic heterocycles. The van der Waals surface area contributed by atoms with E-state index in [0.29, 0.717) is 19.4 Å². The van der Waals surface area contributed by atoms with E-state index in [1.54, 1.807) is 18.3 Å². The smallest absolute Gasteiger partial charge is 0.222 e. The van der Waals surface area contributed by atoms with E-state index in [2.05, 4.69) is 46.5 Å². The van der Waals surface area contributed by atoms with Crippen molar-refractivity contribution in [3.8, 4) is 0 Å². The second-order valence-electron chi connectivity index (χ2n) is 9.60. The number of carbonyl (C=O) groups excluding carboxylic acids is 1. The van der Waals surface area contributed by atoms with E-state index in [9.17, 15) is 9.18 Å². The van der Waals surface area contributed by atoms with Crippen LogP contribution in [0.15, 0.2) is 60.8 Å². The van der Waals surface area contributed by atoms with Gasteiger partial charge in [-0.1, -0.05) is 24.3 Å². The maximum atomic E-state index is 13.4. The van der Waals surface area contributed by atoms with Crippen molar-refractivity contribution in [3.63, 3.8) is 0 Å². The Hall–Kier alpha value is -3.74. The molecular formula is C29H32FN5O. The number of aromatic nitrogens is 3. The zero-order chi connectivity index (χ0) is 25.1.